The highest BCUT2D eigenvalue weighted by molar-refractivity contribution is 5.99. The summed E-state index contributed by atoms with van der Waals surface area (Å²) in [5, 5.41) is 0. The van der Waals surface area contributed by atoms with E-state index in [2.05, 4.69) is 17.0 Å². The highest BCUT2D eigenvalue weighted by Gasteiger charge is 2.23. The highest BCUT2D eigenvalue weighted by atomic mass is 16.5. The van der Waals surface area contributed by atoms with Gasteiger partial charge in [-0.15, -0.1) is 0 Å². The zero-order chi connectivity index (χ0) is 17.1. The van der Waals surface area contributed by atoms with Gasteiger partial charge in [-0.1, -0.05) is 24.3 Å². The number of carbonyl (C=O) groups excluding carboxylic acids is 2. The Morgan fingerprint density at radius 3 is 2.38 bits per heavy atom. The largest absolute Gasteiger partial charge is 0.465 e. The summed E-state index contributed by atoms with van der Waals surface area (Å²) in [7, 11) is 2.69. The van der Waals surface area contributed by atoms with Crippen molar-refractivity contribution in [2.75, 3.05) is 25.7 Å². The molecule has 5 nitrogen and oxygen atoms in total. The second-order valence-electron chi connectivity index (χ2n) is 5.66. The van der Waals surface area contributed by atoms with Crippen LogP contribution in [0.15, 0.2) is 42.5 Å². The zero-order valence-corrected chi connectivity index (χ0v) is 13.7. The summed E-state index contributed by atoms with van der Waals surface area (Å²) in [5.74, 6) is -0.842. The average molecular weight is 325 g/mol. The van der Waals surface area contributed by atoms with E-state index in [0.717, 1.165) is 13.0 Å². The van der Waals surface area contributed by atoms with Gasteiger partial charge in [-0.25, -0.2) is 9.59 Å². The van der Waals surface area contributed by atoms with Gasteiger partial charge in [0.15, 0.2) is 0 Å². The molecule has 0 amide bonds. The van der Waals surface area contributed by atoms with Gasteiger partial charge in [0, 0.05) is 13.1 Å². The Morgan fingerprint density at radius 1 is 0.958 bits per heavy atom. The molecular weight excluding hydrogens is 306 g/mol. The molecule has 0 atom stereocenters. The molecule has 1 aliphatic heterocycles. The van der Waals surface area contributed by atoms with Crippen molar-refractivity contribution >= 4 is 17.6 Å². The molecule has 3 rings (SSSR count). The molecule has 124 valence electrons. The summed E-state index contributed by atoms with van der Waals surface area (Å²) in [5.41, 5.74) is 4.10. The van der Waals surface area contributed by atoms with Crippen LogP contribution in [0.5, 0.6) is 0 Å². The van der Waals surface area contributed by atoms with Crippen molar-refractivity contribution in [2.24, 2.45) is 0 Å². The zero-order valence-electron chi connectivity index (χ0n) is 13.7. The molecule has 5 heteroatoms. The van der Waals surface area contributed by atoms with E-state index in [0.29, 0.717) is 23.4 Å². The molecule has 0 bridgehead atoms. The summed E-state index contributed by atoms with van der Waals surface area (Å²) in [4.78, 5) is 26.0. The first-order valence-corrected chi connectivity index (χ1v) is 7.76. The lowest BCUT2D eigenvalue weighted by atomic mass is 9.98. The number of ether oxygens (including phenoxy) is 2. The van der Waals surface area contributed by atoms with Crippen molar-refractivity contribution in [3.05, 3.63) is 64.7 Å². The molecule has 2 aromatic carbocycles. The Labute approximate surface area is 140 Å². The smallest absolute Gasteiger partial charge is 0.339 e. The summed E-state index contributed by atoms with van der Waals surface area (Å²) in [6.07, 6.45) is 0.888. The molecule has 0 unspecified atom stereocenters. The topological polar surface area (TPSA) is 55.8 Å². The van der Waals surface area contributed by atoms with E-state index < -0.39 is 11.9 Å². The van der Waals surface area contributed by atoms with E-state index in [-0.39, 0.29) is 0 Å². The number of carbonyl (C=O) groups is 2. The van der Waals surface area contributed by atoms with E-state index in [9.17, 15) is 9.59 Å². The summed E-state index contributed by atoms with van der Waals surface area (Å²) in [6, 6.07) is 13.2. The summed E-state index contributed by atoms with van der Waals surface area (Å²) >= 11 is 0. The summed E-state index contributed by atoms with van der Waals surface area (Å²) < 4.78 is 9.67. The molecule has 0 radical (unpaired) electrons. The van der Waals surface area contributed by atoms with Gasteiger partial charge in [0.25, 0.3) is 0 Å². The van der Waals surface area contributed by atoms with Crippen LogP contribution in [-0.4, -0.2) is 32.7 Å². The minimum Gasteiger partial charge on any atom is -0.465 e. The molecule has 2 aromatic rings. The number of hydrogen-bond donors (Lipinski definition) is 0. The predicted molar refractivity (Wildman–Crippen MR) is 90.3 cm³/mol. The number of methoxy groups -OCH3 is 2. The van der Waals surface area contributed by atoms with Crippen molar-refractivity contribution in [2.45, 2.75) is 13.0 Å². The average Bonchev–Trinajstić information content (AvgIpc) is 2.65. The monoisotopic (exact) mass is 325 g/mol. The van der Waals surface area contributed by atoms with Crippen LogP contribution >= 0.6 is 0 Å². The van der Waals surface area contributed by atoms with Gasteiger partial charge in [0.1, 0.15) is 0 Å². The van der Waals surface area contributed by atoms with Crippen LogP contribution in [-0.2, 0) is 22.4 Å². The predicted octanol–water partition coefficient (Wildman–Crippen LogP) is 2.82. The minimum absolute atomic E-state index is 0.416. The quantitative estimate of drug-likeness (QED) is 0.812. The molecule has 0 fully saturated rings. The van der Waals surface area contributed by atoms with Crippen molar-refractivity contribution in [1.29, 1.82) is 0 Å². The number of hydrogen-bond acceptors (Lipinski definition) is 5. The normalized spacial score (nSPS) is 13.2. The fourth-order valence-electron chi connectivity index (χ4n) is 3.02. The van der Waals surface area contributed by atoms with E-state index in [1.54, 1.807) is 18.2 Å². The maximum atomic E-state index is 12.1. The number of benzene rings is 2. The maximum Gasteiger partial charge on any atom is 0.339 e. The van der Waals surface area contributed by atoms with E-state index in [4.69, 9.17) is 9.47 Å². The Hall–Kier alpha value is -2.82. The molecular formula is C19H19NO4. The van der Waals surface area contributed by atoms with Crippen molar-refractivity contribution in [3.63, 3.8) is 0 Å². The Kier molecular flexibility index (Phi) is 4.51. The van der Waals surface area contributed by atoms with E-state index in [1.165, 1.54) is 25.3 Å². The molecule has 1 heterocycles. The van der Waals surface area contributed by atoms with Crippen LogP contribution in [0.25, 0.3) is 0 Å². The van der Waals surface area contributed by atoms with Gasteiger partial charge in [-0.3, -0.25) is 0 Å². The fourth-order valence-corrected chi connectivity index (χ4v) is 3.02. The third-order valence-corrected chi connectivity index (χ3v) is 4.30. The van der Waals surface area contributed by atoms with Crippen LogP contribution in [0.4, 0.5) is 5.69 Å². The van der Waals surface area contributed by atoms with Gasteiger partial charge >= 0.3 is 11.9 Å². The molecule has 1 aliphatic rings. The highest BCUT2D eigenvalue weighted by Crippen LogP contribution is 2.29. The van der Waals surface area contributed by atoms with Crippen LogP contribution in [0.1, 0.15) is 31.8 Å². The number of esters is 2. The van der Waals surface area contributed by atoms with Gasteiger partial charge < -0.3 is 14.4 Å². The molecule has 0 saturated carbocycles. The Balaban J connectivity index is 2.01. The summed E-state index contributed by atoms with van der Waals surface area (Å²) in [6.45, 7) is 1.45. The second kappa shape index (κ2) is 6.74. The number of nitrogens with zero attached hydrogens (tertiary/aromatic N) is 1. The lowest BCUT2D eigenvalue weighted by molar-refractivity contribution is 0.0587. The first-order chi connectivity index (χ1) is 11.6. The van der Waals surface area contributed by atoms with Gasteiger partial charge in [-0.05, 0) is 35.7 Å². The molecule has 0 spiro atoms. The third-order valence-electron chi connectivity index (χ3n) is 4.30. The standard InChI is InChI=1S/C19H19NO4/c1-23-18(21)14-7-8-16(19(22)24-2)17(11-14)20-10-9-13-5-3-4-6-15(13)12-20/h3-8,11H,9-10,12H2,1-2H3. The van der Waals surface area contributed by atoms with E-state index >= 15 is 0 Å². The van der Waals surface area contributed by atoms with Crippen LogP contribution in [0.2, 0.25) is 0 Å². The minimum atomic E-state index is -0.426. The first kappa shape index (κ1) is 16.1. The lowest BCUT2D eigenvalue weighted by Gasteiger charge is -2.32. The maximum absolute atomic E-state index is 12.1. The van der Waals surface area contributed by atoms with Gasteiger partial charge in [0.05, 0.1) is 31.0 Å². The lowest BCUT2D eigenvalue weighted by Crippen LogP contribution is -2.31. The van der Waals surface area contributed by atoms with Crippen LogP contribution in [0.3, 0.4) is 0 Å². The van der Waals surface area contributed by atoms with Gasteiger partial charge in [0.2, 0.25) is 0 Å². The Bertz CT molecular complexity index is 785. The first-order valence-electron chi connectivity index (χ1n) is 7.76. The van der Waals surface area contributed by atoms with Crippen molar-refractivity contribution in [3.8, 4) is 0 Å². The third kappa shape index (κ3) is 2.97. The SMILES string of the molecule is COC(=O)c1ccc(C(=O)OC)c(N2CCc3ccccc3C2)c1. The number of fused-ring (bicyclic) bond motifs is 1. The number of rotatable bonds is 3. The number of anilines is 1. The fraction of sp³-hybridized carbons (Fsp3) is 0.263. The van der Waals surface area contributed by atoms with Crippen LogP contribution < -0.4 is 4.90 Å². The molecule has 0 aromatic heterocycles. The van der Waals surface area contributed by atoms with Crippen molar-refractivity contribution < 1.29 is 19.1 Å². The molecule has 24 heavy (non-hydrogen) atoms. The second-order valence-corrected chi connectivity index (χ2v) is 5.66. The molecule has 0 saturated heterocycles. The van der Waals surface area contributed by atoms with Crippen LogP contribution in [0, 0.1) is 0 Å². The molecule has 0 aliphatic carbocycles. The van der Waals surface area contributed by atoms with E-state index in [1.807, 2.05) is 12.1 Å². The molecule has 0 N–H and O–H groups in total. The Morgan fingerprint density at radius 2 is 1.67 bits per heavy atom. The van der Waals surface area contributed by atoms with Gasteiger partial charge in [-0.2, -0.15) is 0 Å². The van der Waals surface area contributed by atoms with Crippen molar-refractivity contribution in [1.82, 2.24) is 0 Å².